The molecule has 0 unspecified atom stereocenters. The number of nitrogens with one attached hydrogen (secondary N) is 2. The highest BCUT2D eigenvalue weighted by Crippen LogP contribution is 2.35. The topological polar surface area (TPSA) is 102 Å². The molecule has 1 aromatic heterocycles. The first-order valence-corrected chi connectivity index (χ1v) is 14.0. The summed E-state index contributed by atoms with van der Waals surface area (Å²) in [6.45, 7) is 2.05. The van der Waals surface area contributed by atoms with Gasteiger partial charge in [0.25, 0.3) is 11.8 Å². The van der Waals surface area contributed by atoms with Crippen molar-refractivity contribution in [2.24, 2.45) is 0 Å². The number of halogens is 1. The zero-order chi connectivity index (χ0) is 28.7. The average molecular weight is 605 g/mol. The number of hydrogen-bond donors (Lipinski definition) is 2. The van der Waals surface area contributed by atoms with E-state index in [0.717, 1.165) is 38.8 Å². The third-order valence-electron chi connectivity index (χ3n) is 6.45. The maximum absolute atomic E-state index is 13.2. The number of carbonyl (C=O) groups is 3. The fourth-order valence-corrected chi connectivity index (χ4v) is 6.01. The maximum atomic E-state index is 13.2. The van der Waals surface area contributed by atoms with Crippen molar-refractivity contribution in [3.8, 4) is 11.5 Å². The Hall–Kier alpha value is -4.32. The van der Waals surface area contributed by atoms with E-state index >= 15 is 0 Å². The molecule has 206 valence electrons. The molecule has 41 heavy (non-hydrogen) atoms. The van der Waals surface area contributed by atoms with Crippen molar-refractivity contribution in [2.75, 3.05) is 12.1 Å². The van der Waals surface area contributed by atoms with Gasteiger partial charge >= 0.3 is 0 Å². The van der Waals surface area contributed by atoms with E-state index in [2.05, 4.69) is 10.7 Å². The minimum Gasteiger partial charge on any atom is -0.454 e. The summed E-state index contributed by atoms with van der Waals surface area (Å²) in [5.41, 5.74) is 5.84. The highest BCUT2D eigenvalue weighted by Gasteiger charge is 2.34. The van der Waals surface area contributed by atoms with Crippen LogP contribution in [0.5, 0.6) is 11.5 Å². The number of anilines is 1. The molecule has 6 rings (SSSR count). The Morgan fingerprint density at radius 1 is 1.10 bits per heavy atom. The molecule has 3 amide bonds. The summed E-state index contributed by atoms with van der Waals surface area (Å²) < 4.78 is 12.7. The average Bonchev–Trinajstić information content (AvgIpc) is 3.61. The molecule has 1 fully saturated rings. The van der Waals surface area contributed by atoms with Gasteiger partial charge in [0.2, 0.25) is 12.7 Å². The zero-order valence-electron chi connectivity index (χ0n) is 21.5. The lowest BCUT2D eigenvalue weighted by molar-refractivity contribution is -0.123. The van der Waals surface area contributed by atoms with Gasteiger partial charge in [0.15, 0.2) is 15.8 Å². The first-order valence-electron chi connectivity index (χ1n) is 12.4. The molecule has 0 aliphatic carbocycles. The predicted octanol–water partition coefficient (Wildman–Crippen LogP) is 5.52. The number of ether oxygens (including phenoxy) is 2. The number of rotatable bonds is 6. The van der Waals surface area contributed by atoms with Gasteiger partial charge in [0.05, 0.1) is 15.5 Å². The lowest BCUT2D eigenvalue weighted by Gasteiger charge is -2.16. The van der Waals surface area contributed by atoms with Crippen LogP contribution in [0, 0.1) is 6.92 Å². The molecular weight excluding hydrogens is 584 g/mol. The number of thioether (sulfide) groups is 1. The summed E-state index contributed by atoms with van der Waals surface area (Å²) in [6, 6.07) is 17.8. The first kappa shape index (κ1) is 26.9. The Labute approximate surface area is 249 Å². The van der Waals surface area contributed by atoms with Gasteiger partial charge in [-0.3, -0.25) is 19.8 Å². The molecule has 0 atom stereocenters. The molecule has 0 bridgehead atoms. The zero-order valence-corrected chi connectivity index (χ0v) is 23.9. The van der Waals surface area contributed by atoms with Gasteiger partial charge in [-0.2, -0.15) is 5.01 Å². The molecule has 2 aliphatic rings. The van der Waals surface area contributed by atoms with Gasteiger partial charge in [-0.05, 0) is 61.1 Å². The van der Waals surface area contributed by atoms with Crippen LogP contribution in [0.3, 0.4) is 0 Å². The summed E-state index contributed by atoms with van der Waals surface area (Å²) in [6.07, 6.45) is 3.51. The highest BCUT2D eigenvalue weighted by molar-refractivity contribution is 8.26. The van der Waals surface area contributed by atoms with Crippen LogP contribution in [0.2, 0.25) is 5.02 Å². The second-order valence-corrected chi connectivity index (χ2v) is 11.4. The number of hydrogen-bond acceptors (Lipinski definition) is 7. The summed E-state index contributed by atoms with van der Waals surface area (Å²) >= 11 is 12.7. The van der Waals surface area contributed by atoms with Gasteiger partial charge in [-0.25, -0.2) is 0 Å². The molecule has 2 N–H and O–H groups in total. The van der Waals surface area contributed by atoms with Gasteiger partial charge in [0.1, 0.15) is 6.54 Å². The number of carbonyl (C=O) groups excluding carboxylic acids is 3. The van der Waals surface area contributed by atoms with E-state index in [1.165, 1.54) is 0 Å². The van der Waals surface area contributed by atoms with Crippen molar-refractivity contribution in [1.29, 1.82) is 0 Å². The largest absolute Gasteiger partial charge is 0.454 e. The Morgan fingerprint density at radius 3 is 2.73 bits per heavy atom. The van der Waals surface area contributed by atoms with E-state index in [9.17, 15) is 14.4 Å². The maximum Gasteiger partial charge on any atom is 0.285 e. The van der Waals surface area contributed by atoms with Crippen LogP contribution in [-0.2, 0) is 16.1 Å². The third kappa shape index (κ3) is 5.39. The molecular formula is C29H21ClN4O5S2. The van der Waals surface area contributed by atoms with E-state index in [0.29, 0.717) is 22.1 Å². The van der Waals surface area contributed by atoms with Crippen molar-refractivity contribution in [1.82, 2.24) is 15.0 Å². The molecule has 2 aliphatic heterocycles. The van der Waals surface area contributed by atoms with Gasteiger partial charge in [-0.15, -0.1) is 0 Å². The van der Waals surface area contributed by atoms with E-state index in [4.69, 9.17) is 33.3 Å². The Bertz CT molecular complexity index is 1800. The van der Waals surface area contributed by atoms with Crippen LogP contribution in [0.4, 0.5) is 5.69 Å². The number of benzene rings is 3. The van der Waals surface area contributed by atoms with Crippen LogP contribution in [0.15, 0.2) is 71.8 Å². The van der Waals surface area contributed by atoms with E-state index < -0.39 is 11.8 Å². The molecule has 1 saturated heterocycles. The molecule has 4 aromatic rings. The summed E-state index contributed by atoms with van der Waals surface area (Å²) in [7, 11) is 0. The number of para-hydroxylation sites is 1. The van der Waals surface area contributed by atoms with Crippen LogP contribution >= 0.6 is 35.6 Å². The number of thiocarbonyl (C=S) groups is 1. The number of nitrogens with zero attached hydrogens (tertiary/aromatic N) is 2. The standard InChI is InChI=1S/C29H21ClN4O5S2/c1-16-6-8-20(21(30)10-16)27(36)32-34-28(37)25(41-29(34)40)11-17-13-33(22-5-3-2-4-19(17)22)14-26(35)31-18-7-9-23-24(12-18)39-15-38-23/h2-13H,14-15H2,1H3,(H,31,35)(H,32,36)/b25-11-. The molecule has 0 radical (unpaired) electrons. The highest BCUT2D eigenvalue weighted by atomic mass is 35.5. The predicted molar refractivity (Wildman–Crippen MR) is 162 cm³/mol. The minimum atomic E-state index is -0.544. The van der Waals surface area contributed by atoms with Crippen LogP contribution < -0.4 is 20.2 Å². The second-order valence-electron chi connectivity index (χ2n) is 9.29. The molecule has 0 spiro atoms. The number of aryl methyl sites for hydroxylation is 1. The van der Waals surface area contributed by atoms with Crippen LogP contribution in [0.25, 0.3) is 17.0 Å². The number of aromatic nitrogens is 1. The van der Waals surface area contributed by atoms with E-state index in [-0.39, 0.29) is 34.2 Å². The Kier molecular flexibility index (Phi) is 7.16. The van der Waals surface area contributed by atoms with Crippen LogP contribution in [0.1, 0.15) is 21.5 Å². The van der Waals surface area contributed by atoms with E-state index in [1.807, 2.05) is 35.8 Å². The van der Waals surface area contributed by atoms with Crippen molar-refractivity contribution in [3.05, 3.63) is 93.5 Å². The van der Waals surface area contributed by atoms with Gasteiger partial charge in [0, 0.05) is 34.4 Å². The quantitative estimate of drug-likeness (QED) is 0.221. The smallest absolute Gasteiger partial charge is 0.285 e. The monoisotopic (exact) mass is 604 g/mol. The van der Waals surface area contributed by atoms with Crippen molar-refractivity contribution >= 4 is 80.3 Å². The van der Waals surface area contributed by atoms with Gasteiger partial charge < -0.3 is 19.4 Å². The fourth-order valence-electron chi connectivity index (χ4n) is 4.52. The molecule has 9 nitrogen and oxygen atoms in total. The van der Waals surface area contributed by atoms with Crippen molar-refractivity contribution in [2.45, 2.75) is 13.5 Å². The Morgan fingerprint density at radius 2 is 1.90 bits per heavy atom. The number of fused-ring (bicyclic) bond motifs is 2. The second kappa shape index (κ2) is 10.9. The summed E-state index contributed by atoms with van der Waals surface area (Å²) in [4.78, 5) is 39.3. The summed E-state index contributed by atoms with van der Waals surface area (Å²) in [5, 5.41) is 5.05. The normalized spacial score (nSPS) is 15.2. The summed E-state index contributed by atoms with van der Waals surface area (Å²) in [5.74, 6) is -0.0356. The Balaban J connectivity index is 1.21. The minimum absolute atomic E-state index is 0.0388. The molecule has 0 saturated carbocycles. The molecule has 3 heterocycles. The van der Waals surface area contributed by atoms with Crippen LogP contribution in [-0.4, -0.2) is 38.4 Å². The lowest BCUT2D eigenvalue weighted by Crippen LogP contribution is -2.44. The first-order chi connectivity index (χ1) is 19.8. The molecule has 12 heteroatoms. The third-order valence-corrected chi connectivity index (χ3v) is 8.07. The van der Waals surface area contributed by atoms with E-state index in [1.54, 1.807) is 48.7 Å². The van der Waals surface area contributed by atoms with Crippen molar-refractivity contribution < 1.29 is 23.9 Å². The van der Waals surface area contributed by atoms with Crippen molar-refractivity contribution in [3.63, 3.8) is 0 Å². The lowest BCUT2D eigenvalue weighted by atomic mass is 10.1. The SMILES string of the molecule is Cc1ccc(C(=O)NN2C(=O)/C(=C/c3cn(CC(=O)Nc4ccc5c(c4)OCO5)c4ccccc34)SC2=S)c(Cl)c1. The van der Waals surface area contributed by atoms with Gasteiger partial charge in [-0.1, -0.05) is 47.6 Å². The fraction of sp³-hybridized carbons (Fsp3) is 0.103. The molecule has 3 aromatic carbocycles. The number of amides is 3. The number of hydrazine groups is 1.